The number of rotatable bonds is 2. The molecule has 1 saturated heterocycles. The third-order valence-electron chi connectivity index (χ3n) is 5.61. The molecule has 0 aromatic rings. The van der Waals surface area contributed by atoms with Gasteiger partial charge in [-0.15, -0.1) is 0 Å². The van der Waals surface area contributed by atoms with Gasteiger partial charge in [0, 0.05) is 38.2 Å². The van der Waals surface area contributed by atoms with Crippen LogP contribution < -0.4 is 5.32 Å². The van der Waals surface area contributed by atoms with Crippen LogP contribution in [-0.4, -0.2) is 42.7 Å². The molecule has 0 aromatic carbocycles. The van der Waals surface area contributed by atoms with E-state index in [1.807, 2.05) is 0 Å². The van der Waals surface area contributed by atoms with Crippen molar-refractivity contribution in [3.63, 3.8) is 0 Å². The fraction of sp³-hybridized carbons (Fsp3) is 0.556. The molecule has 2 aliphatic carbocycles. The molecule has 2 fully saturated rings. The van der Waals surface area contributed by atoms with E-state index in [4.69, 9.17) is 0 Å². The number of aliphatic imine (C=N–C) groups is 1. The van der Waals surface area contributed by atoms with Gasteiger partial charge < -0.3 is 10.2 Å². The second kappa shape index (κ2) is 5.20. The zero-order valence-electron chi connectivity index (χ0n) is 13.2. The molecule has 0 bridgehead atoms. The summed E-state index contributed by atoms with van der Waals surface area (Å²) in [7, 11) is 2.23. The number of nitrogens with one attached hydrogen (secondary N) is 1. The molecule has 2 heterocycles. The summed E-state index contributed by atoms with van der Waals surface area (Å²) in [4.78, 5) is 18.3. The maximum Gasteiger partial charge on any atom is 0.216 e. The first-order valence-electron chi connectivity index (χ1n) is 8.23. The molecule has 4 rings (SSSR count). The first-order valence-corrected chi connectivity index (χ1v) is 8.23. The number of piperidine rings is 1. The molecule has 4 aliphatic rings. The summed E-state index contributed by atoms with van der Waals surface area (Å²) in [6.07, 6.45) is 11.0. The summed E-state index contributed by atoms with van der Waals surface area (Å²) in [6, 6.07) is 0.586. The van der Waals surface area contributed by atoms with Gasteiger partial charge in [-0.1, -0.05) is 17.7 Å². The van der Waals surface area contributed by atoms with Gasteiger partial charge in [0.2, 0.25) is 5.91 Å². The standard InChI is InChI=1S/C18H23N3O/c1-11(22)19-8-12-6-15-14-4-3-5-16-18(14)13(9-20-16)7-17(15)21(2)10-12/h3-5,9,12,15,17-18H,6-8,10H2,1-2H3,(H,19,22)/t12-,15+,17+,18?/m0/s1. The molecule has 1 saturated carbocycles. The first-order chi connectivity index (χ1) is 10.6. The van der Waals surface area contributed by atoms with Crippen LogP contribution in [0.25, 0.3) is 0 Å². The number of allylic oxidation sites excluding steroid dienone is 3. The average Bonchev–Trinajstić information content (AvgIpc) is 2.91. The summed E-state index contributed by atoms with van der Waals surface area (Å²) in [5.41, 5.74) is 4.25. The van der Waals surface area contributed by atoms with Crippen molar-refractivity contribution in [1.29, 1.82) is 0 Å². The van der Waals surface area contributed by atoms with Crippen molar-refractivity contribution in [3.8, 4) is 0 Å². The highest BCUT2D eigenvalue weighted by atomic mass is 16.1. The smallest absolute Gasteiger partial charge is 0.216 e. The lowest BCUT2D eigenvalue weighted by molar-refractivity contribution is -0.119. The van der Waals surface area contributed by atoms with Crippen molar-refractivity contribution in [2.75, 3.05) is 20.1 Å². The topological polar surface area (TPSA) is 44.7 Å². The monoisotopic (exact) mass is 297 g/mol. The third-order valence-corrected chi connectivity index (χ3v) is 5.61. The molecule has 1 N–H and O–H groups in total. The molecule has 22 heavy (non-hydrogen) atoms. The van der Waals surface area contributed by atoms with Gasteiger partial charge in [-0.05, 0) is 43.4 Å². The van der Waals surface area contributed by atoms with E-state index in [9.17, 15) is 4.79 Å². The molecular formula is C18H23N3O. The maximum atomic E-state index is 11.2. The van der Waals surface area contributed by atoms with Gasteiger partial charge in [0.1, 0.15) is 0 Å². The van der Waals surface area contributed by atoms with E-state index in [0.29, 0.717) is 23.8 Å². The highest BCUT2D eigenvalue weighted by molar-refractivity contribution is 6.04. The van der Waals surface area contributed by atoms with Gasteiger partial charge in [0.05, 0.1) is 5.71 Å². The Bertz CT molecular complexity index is 628. The normalized spacial score (nSPS) is 36.0. The number of carbonyl (C=O) groups excluding carboxylic acids is 1. The Labute approximate surface area is 131 Å². The predicted molar refractivity (Wildman–Crippen MR) is 87.5 cm³/mol. The Morgan fingerprint density at radius 2 is 2.36 bits per heavy atom. The lowest BCUT2D eigenvalue weighted by atomic mass is 9.64. The van der Waals surface area contributed by atoms with E-state index >= 15 is 0 Å². The highest BCUT2D eigenvalue weighted by Gasteiger charge is 2.46. The van der Waals surface area contributed by atoms with Gasteiger partial charge in [-0.2, -0.15) is 0 Å². The van der Waals surface area contributed by atoms with Crippen molar-refractivity contribution in [2.24, 2.45) is 22.7 Å². The number of likely N-dealkylation sites (tertiary alicyclic amines) is 1. The van der Waals surface area contributed by atoms with E-state index in [1.165, 1.54) is 17.7 Å². The Hall–Kier alpha value is -1.68. The molecule has 0 radical (unpaired) electrons. The van der Waals surface area contributed by atoms with Crippen molar-refractivity contribution in [1.82, 2.24) is 10.2 Å². The van der Waals surface area contributed by atoms with Crippen molar-refractivity contribution >= 4 is 11.6 Å². The maximum absolute atomic E-state index is 11.2. The van der Waals surface area contributed by atoms with Gasteiger partial charge in [-0.25, -0.2) is 0 Å². The zero-order chi connectivity index (χ0) is 15.3. The second-order valence-electron chi connectivity index (χ2n) is 7.07. The van der Waals surface area contributed by atoms with Gasteiger partial charge in [0.25, 0.3) is 0 Å². The van der Waals surface area contributed by atoms with Crippen LogP contribution in [0.2, 0.25) is 0 Å². The summed E-state index contributed by atoms with van der Waals surface area (Å²) in [5.74, 6) is 1.64. The van der Waals surface area contributed by atoms with Crippen LogP contribution in [-0.2, 0) is 4.79 Å². The fourth-order valence-electron chi connectivity index (χ4n) is 4.66. The average molecular weight is 297 g/mol. The molecule has 116 valence electrons. The van der Waals surface area contributed by atoms with Crippen molar-refractivity contribution in [2.45, 2.75) is 25.8 Å². The van der Waals surface area contributed by atoms with Crippen molar-refractivity contribution < 1.29 is 4.79 Å². The number of carbonyl (C=O) groups is 1. The molecule has 1 unspecified atom stereocenters. The minimum absolute atomic E-state index is 0.0728. The summed E-state index contributed by atoms with van der Waals surface area (Å²) in [5, 5.41) is 3.00. The minimum Gasteiger partial charge on any atom is -0.356 e. The minimum atomic E-state index is 0.0728. The van der Waals surface area contributed by atoms with Crippen LogP contribution in [0.15, 0.2) is 40.6 Å². The van der Waals surface area contributed by atoms with Crippen LogP contribution in [0.3, 0.4) is 0 Å². The molecular weight excluding hydrogens is 274 g/mol. The van der Waals surface area contributed by atoms with Gasteiger partial charge in [0.15, 0.2) is 0 Å². The molecule has 4 heteroatoms. The van der Waals surface area contributed by atoms with E-state index < -0.39 is 0 Å². The van der Waals surface area contributed by atoms with Crippen LogP contribution in [0.4, 0.5) is 0 Å². The first kappa shape index (κ1) is 13.9. The van der Waals surface area contributed by atoms with E-state index in [-0.39, 0.29) is 5.91 Å². The SMILES string of the molecule is CC(=O)NC[C@@H]1C[C@@H]2C3=CC=CC4=NC=C(C[C@H]2N(C)C1)C34. The quantitative estimate of drug-likeness (QED) is 0.846. The highest BCUT2D eigenvalue weighted by Crippen LogP contribution is 2.48. The van der Waals surface area contributed by atoms with Crippen molar-refractivity contribution in [3.05, 3.63) is 35.6 Å². The Kier molecular flexibility index (Phi) is 3.30. The van der Waals surface area contributed by atoms with Crippen LogP contribution in [0.5, 0.6) is 0 Å². The van der Waals surface area contributed by atoms with E-state index in [2.05, 4.69) is 46.7 Å². The van der Waals surface area contributed by atoms with E-state index in [1.54, 1.807) is 12.5 Å². The molecule has 0 aromatic heterocycles. The van der Waals surface area contributed by atoms with Crippen LogP contribution in [0, 0.1) is 17.8 Å². The molecule has 2 aliphatic heterocycles. The number of hydrogen-bond donors (Lipinski definition) is 1. The Balaban J connectivity index is 1.59. The third kappa shape index (κ3) is 2.17. The summed E-state index contributed by atoms with van der Waals surface area (Å²) >= 11 is 0. The summed E-state index contributed by atoms with van der Waals surface area (Å²) < 4.78 is 0. The Morgan fingerprint density at radius 1 is 1.50 bits per heavy atom. The fourth-order valence-corrected chi connectivity index (χ4v) is 4.66. The van der Waals surface area contributed by atoms with Crippen LogP contribution in [0.1, 0.15) is 19.8 Å². The zero-order valence-corrected chi connectivity index (χ0v) is 13.2. The lowest BCUT2D eigenvalue weighted by Crippen LogP contribution is -2.53. The molecule has 4 nitrogen and oxygen atoms in total. The van der Waals surface area contributed by atoms with Gasteiger partial charge >= 0.3 is 0 Å². The number of nitrogens with zero attached hydrogens (tertiary/aromatic N) is 2. The molecule has 0 spiro atoms. The largest absolute Gasteiger partial charge is 0.356 e. The molecule has 1 amide bonds. The van der Waals surface area contributed by atoms with E-state index in [0.717, 1.165) is 19.5 Å². The van der Waals surface area contributed by atoms with Crippen LogP contribution >= 0.6 is 0 Å². The predicted octanol–water partition coefficient (Wildman–Crippen LogP) is 1.91. The lowest BCUT2D eigenvalue weighted by Gasteiger charge is -2.49. The Morgan fingerprint density at radius 3 is 3.18 bits per heavy atom. The molecule has 4 atom stereocenters. The number of fused-ring (bicyclic) bond motifs is 2. The summed E-state index contributed by atoms with van der Waals surface area (Å²) in [6.45, 7) is 3.46. The second-order valence-corrected chi connectivity index (χ2v) is 7.07. The number of amides is 1. The van der Waals surface area contributed by atoms with Gasteiger partial charge in [-0.3, -0.25) is 9.79 Å². The number of hydrogen-bond acceptors (Lipinski definition) is 3.